The van der Waals surface area contributed by atoms with Crippen LogP contribution < -0.4 is 5.32 Å². The first-order valence-corrected chi connectivity index (χ1v) is 6.27. The van der Waals surface area contributed by atoms with Crippen LogP contribution in [0.5, 0.6) is 0 Å². The second kappa shape index (κ2) is 5.26. The molecule has 1 saturated carbocycles. The van der Waals surface area contributed by atoms with Crippen LogP contribution in [0.25, 0.3) is 0 Å². The third kappa shape index (κ3) is 2.83. The number of rotatable bonds is 5. The van der Waals surface area contributed by atoms with Crippen LogP contribution in [-0.2, 0) is 0 Å². The summed E-state index contributed by atoms with van der Waals surface area (Å²) >= 11 is 0. The molecule has 1 unspecified atom stereocenters. The summed E-state index contributed by atoms with van der Waals surface area (Å²) in [5, 5.41) is 23.0. The van der Waals surface area contributed by atoms with Gasteiger partial charge in [-0.2, -0.15) is 0 Å². The summed E-state index contributed by atoms with van der Waals surface area (Å²) < 4.78 is 0. The molecule has 1 aromatic rings. The largest absolute Gasteiger partial charge is 0.478 e. The molecule has 0 saturated heterocycles. The Morgan fingerprint density at radius 2 is 2.21 bits per heavy atom. The molecule has 102 valence electrons. The summed E-state index contributed by atoms with van der Waals surface area (Å²) in [5.74, 6) is -0.608. The summed E-state index contributed by atoms with van der Waals surface area (Å²) in [4.78, 5) is 21.2. The fourth-order valence-corrected chi connectivity index (χ4v) is 2.25. The normalized spacial score (nSPS) is 16.5. The quantitative estimate of drug-likeness (QED) is 0.630. The number of nitro groups is 1. The molecule has 6 heteroatoms. The number of non-ortho nitro benzene ring substituents is 1. The van der Waals surface area contributed by atoms with E-state index in [9.17, 15) is 14.9 Å². The van der Waals surface area contributed by atoms with Crippen LogP contribution in [0.3, 0.4) is 0 Å². The van der Waals surface area contributed by atoms with Gasteiger partial charge in [-0.3, -0.25) is 10.1 Å². The van der Waals surface area contributed by atoms with Gasteiger partial charge in [-0.25, -0.2) is 4.79 Å². The zero-order chi connectivity index (χ0) is 14.0. The molecule has 0 bridgehead atoms. The molecule has 0 radical (unpaired) electrons. The van der Waals surface area contributed by atoms with Crippen molar-refractivity contribution >= 4 is 17.3 Å². The summed E-state index contributed by atoms with van der Waals surface area (Å²) in [6.45, 7) is 2.01. The highest BCUT2D eigenvalue weighted by Crippen LogP contribution is 2.32. The van der Waals surface area contributed by atoms with Gasteiger partial charge in [0.1, 0.15) is 0 Å². The topological polar surface area (TPSA) is 92.5 Å². The SMILES string of the molecule is CC(Nc1ccc([N+](=O)[O-])cc1C(=O)O)C1CCC1. The minimum absolute atomic E-state index is 0.0552. The number of hydrogen-bond acceptors (Lipinski definition) is 4. The van der Waals surface area contributed by atoms with Crippen molar-refractivity contribution in [3.05, 3.63) is 33.9 Å². The summed E-state index contributed by atoms with van der Waals surface area (Å²) in [7, 11) is 0. The Balaban J connectivity index is 2.23. The number of hydrogen-bond donors (Lipinski definition) is 2. The third-order valence-electron chi connectivity index (χ3n) is 3.68. The molecule has 0 spiro atoms. The van der Waals surface area contributed by atoms with Crippen molar-refractivity contribution in [3.63, 3.8) is 0 Å². The predicted molar refractivity (Wildman–Crippen MR) is 70.5 cm³/mol. The smallest absolute Gasteiger partial charge is 0.338 e. The number of anilines is 1. The maximum Gasteiger partial charge on any atom is 0.338 e. The van der Waals surface area contributed by atoms with E-state index >= 15 is 0 Å². The van der Waals surface area contributed by atoms with Gasteiger partial charge in [-0.15, -0.1) is 0 Å². The minimum Gasteiger partial charge on any atom is -0.478 e. The molecule has 0 heterocycles. The Bertz CT molecular complexity index is 511. The zero-order valence-electron chi connectivity index (χ0n) is 10.6. The van der Waals surface area contributed by atoms with Crippen molar-refractivity contribution in [1.82, 2.24) is 0 Å². The van der Waals surface area contributed by atoms with Crippen LogP contribution >= 0.6 is 0 Å². The first kappa shape index (κ1) is 13.3. The fraction of sp³-hybridized carbons (Fsp3) is 0.462. The number of aromatic carboxylic acids is 1. The van der Waals surface area contributed by atoms with Gasteiger partial charge >= 0.3 is 5.97 Å². The number of nitro benzene ring substituents is 1. The standard InChI is InChI=1S/C13H16N2O4/c1-8(9-3-2-4-9)14-12-6-5-10(15(18)19)7-11(12)13(16)17/h5-9,14H,2-4H2,1H3,(H,16,17). The molecule has 1 fully saturated rings. The Morgan fingerprint density at radius 1 is 1.53 bits per heavy atom. The van der Waals surface area contributed by atoms with Crippen molar-refractivity contribution in [2.45, 2.75) is 32.2 Å². The molecule has 6 nitrogen and oxygen atoms in total. The summed E-state index contributed by atoms with van der Waals surface area (Å²) in [6.07, 6.45) is 3.50. The van der Waals surface area contributed by atoms with Gasteiger partial charge in [-0.05, 0) is 31.7 Å². The Morgan fingerprint density at radius 3 is 2.68 bits per heavy atom. The number of benzene rings is 1. The van der Waals surface area contributed by atoms with Gasteiger partial charge in [0.05, 0.1) is 10.5 Å². The molecular weight excluding hydrogens is 248 g/mol. The highest BCUT2D eigenvalue weighted by Gasteiger charge is 2.25. The van der Waals surface area contributed by atoms with E-state index in [1.165, 1.54) is 18.6 Å². The van der Waals surface area contributed by atoms with Crippen LogP contribution in [-0.4, -0.2) is 22.0 Å². The lowest BCUT2D eigenvalue weighted by Gasteiger charge is -2.32. The second-order valence-corrected chi connectivity index (χ2v) is 4.92. The summed E-state index contributed by atoms with van der Waals surface area (Å²) in [6, 6.07) is 4.06. The van der Waals surface area contributed by atoms with Gasteiger partial charge < -0.3 is 10.4 Å². The minimum atomic E-state index is -1.16. The van der Waals surface area contributed by atoms with E-state index in [1.807, 2.05) is 6.92 Å². The molecule has 2 rings (SSSR count). The molecule has 19 heavy (non-hydrogen) atoms. The van der Waals surface area contributed by atoms with Crippen LogP contribution in [0.15, 0.2) is 18.2 Å². The zero-order valence-corrected chi connectivity index (χ0v) is 10.6. The van der Waals surface area contributed by atoms with Crippen LogP contribution in [0, 0.1) is 16.0 Å². The molecular formula is C13H16N2O4. The van der Waals surface area contributed by atoms with E-state index in [1.54, 1.807) is 0 Å². The average Bonchev–Trinajstić information content (AvgIpc) is 2.26. The lowest BCUT2D eigenvalue weighted by Crippen LogP contribution is -2.31. The maximum atomic E-state index is 11.2. The molecule has 0 aliphatic heterocycles. The lowest BCUT2D eigenvalue weighted by molar-refractivity contribution is -0.384. The Kier molecular flexibility index (Phi) is 3.69. The van der Waals surface area contributed by atoms with E-state index in [0.717, 1.165) is 18.9 Å². The molecule has 1 aromatic carbocycles. The molecule has 1 aliphatic rings. The fourth-order valence-electron chi connectivity index (χ4n) is 2.25. The van der Waals surface area contributed by atoms with Crippen molar-refractivity contribution < 1.29 is 14.8 Å². The summed E-state index contributed by atoms with van der Waals surface area (Å²) in [5.41, 5.74) is 0.178. The number of nitrogens with zero attached hydrogens (tertiary/aromatic N) is 1. The first-order chi connectivity index (χ1) is 8.99. The van der Waals surface area contributed by atoms with Crippen molar-refractivity contribution in [1.29, 1.82) is 0 Å². The van der Waals surface area contributed by atoms with Crippen LogP contribution in [0.4, 0.5) is 11.4 Å². The van der Waals surface area contributed by atoms with Crippen LogP contribution in [0.2, 0.25) is 0 Å². The Labute approximate surface area is 110 Å². The van der Waals surface area contributed by atoms with E-state index in [0.29, 0.717) is 11.6 Å². The van der Waals surface area contributed by atoms with Gasteiger partial charge in [0.25, 0.3) is 5.69 Å². The van der Waals surface area contributed by atoms with Gasteiger partial charge in [-0.1, -0.05) is 6.42 Å². The number of nitrogens with one attached hydrogen (secondary N) is 1. The average molecular weight is 264 g/mol. The highest BCUT2D eigenvalue weighted by molar-refractivity contribution is 5.95. The Hall–Kier alpha value is -2.11. The molecule has 0 aromatic heterocycles. The van der Waals surface area contributed by atoms with E-state index in [-0.39, 0.29) is 17.3 Å². The van der Waals surface area contributed by atoms with E-state index in [4.69, 9.17) is 5.11 Å². The van der Waals surface area contributed by atoms with Gasteiger partial charge in [0.15, 0.2) is 0 Å². The number of carboxylic acid groups (broad SMARTS) is 1. The molecule has 1 aliphatic carbocycles. The first-order valence-electron chi connectivity index (χ1n) is 6.27. The van der Waals surface area contributed by atoms with E-state index in [2.05, 4.69) is 5.32 Å². The predicted octanol–water partition coefficient (Wildman–Crippen LogP) is 2.89. The molecule has 0 amide bonds. The lowest BCUT2D eigenvalue weighted by atomic mass is 9.80. The molecule has 2 N–H and O–H groups in total. The van der Waals surface area contributed by atoms with Crippen LogP contribution in [0.1, 0.15) is 36.5 Å². The van der Waals surface area contributed by atoms with E-state index < -0.39 is 10.9 Å². The van der Waals surface area contributed by atoms with Crippen molar-refractivity contribution in [2.24, 2.45) is 5.92 Å². The molecule has 1 atom stereocenters. The van der Waals surface area contributed by atoms with Gasteiger partial charge in [0.2, 0.25) is 0 Å². The third-order valence-corrected chi connectivity index (χ3v) is 3.68. The second-order valence-electron chi connectivity index (χ2n) is 4.92. The number of carbonyl (C=O) groups is 1. The monoisotopic (exact) mass is 264 g/mol. The maximum absolute atomic E-state index is 11.2. The number of carboxylic acids is 1. The highest BCUT2D eigenvalue weighted by atomic mass is 16.6. The van der Waals surface area contributed by atoms with Crippen molar-refractivity contribution in [3.8, 4) is 0 Å². The van der Waals surface area contributed by atoms with Crippen molar-refractivity contribution in [2.75, 3.05) is 5.32 Å². The van der Waals surface area contributed by atoms with Gasteiger partial charge in [0, 0.05) is 23.9 Å².